The first-order valence-corrected chi connectivity index (χ1v) is 5.19. The Labute approximate surface area is 86.0 Å². The smallest absolute Gasteiger partial charge is 0.229 e. The molecular formula is C11H20N2O. The molecule has 3 heteroatoms. The van der Waals surface area contributed by atoms with Crippen LogP contribution in [0.25, 0.3) is 0 Å². The monoisotopic (exact) mass is 196 g/mol. The number of carbonyl (C=O) groups excluding carboxylic acids is 1. The van der Waals surface area contributed by atoms with Crippen LogP contribution in [0.4, 0.5) is 0 Å². The Morgan fingerprint density at radius 3 is 2.64 bits per heavy atom. The molecule has 0 aromatic rings. The molecule has 2 unspecified atom stereocenters. The van der Waals surface area contributed by atoms with Crippen LogP contribution in [0.1, 0.15) is 20.3 Å². The van der Waals surface area contributed by atoms with Crippen LogP contribution >= 0.6 is 0 Å². The van der Waals surface area contributed by atoms with E-state index in [1.807, 2.05) is 19.2 Å². The Bertz CT molecular complexity index is 235. The van der Waals surface area contributed by atoms with Crippen molar-refractivity contribution in [2.75, 3.05) is 13.6 Å². The molecule has 1 amide bonds. The van der Waals surface area contributed by atoms with Gasteiger partial charge in [-0.2, -0.15) is 0 Å². The lowest BCUT2D eigenvalue weighted by Crippen LogP contribution is -2.35. The molecule has 1 aliphatic rings. The van der Waals surface area contributed by atoms with Crippen molar-refractivity contribution >= 4 is 5.91 Å². The Kier molecular flexibility index (Phi) is 3.69. The fraction of sp³-hybridized carbons (Fsp3) is 0.727. The summed E-state index contributed by atoms with van der Waals surface area (Å²) in [6.45, 7) is 5.04. The number of hydrogen-bond acceptors (Lipinski definition) is 2. The lowest BCUT2D eigenvalue weighted by molar-refractivity contribution is -0.133. The molecule has 0 saturated carbocycles. The van der Waals surface area contributed by atoms with Gasteiger partial charge in [0.1, 0.15) is 0 Å². The van der Waals surface area contributed by atoms with Gasteiger partial charge in [-0.15, -0.1) is 0 Å². The summed E-state index contributed by atoms with van der Waals surface area (Å²) in [6.07, 6.45) is 4.62. The fourth-order valence-corrected chi connectivity index (χ4v) is 1.83. The molecule has 0 saturated heterocycles. The molecular weight excluding hydrogens is 176 g/mol. The Morgan fingerprint density at radius 2 is 2.21 bits per heavy atom. The van der Waals surface area contributed by atoms with Gasteiger partial charge in [0, 0.05) is 19.6 Å². The van der Waals surface area contributed by atoms with Crippen LogP contribution in [0.3, 0.4) is 0 Å². The third-order valence-corrected chi connectivity index (χ3v) is 2.45. The highest BCUT2D eigenvalue weighted by molar-refractivity contribution is 5.81. The van der Waals surface area contributed by atoms with Gasteiger partial charge in [-0.1, -0.05) is 26.0 Å². The molecule has 0 aromatic heterocycles. The van der Waals surface area contributed by atoms with Crippen molar-refractivity contribution in [3.05, 3.63) is 12.2 Å². The van der Waals surface area contributed by atoms with Gasteiger partial charge in [0.15, 0.2) is 0 Å². The van der Waals surface area contributed by atoms with E-state index in [1.165, 1.54) is 0 Å². The fourth-order valence-electron chi connectivity index (χ4n) is 1.83. The third kappa shape index (κ3) is 2.84. The molecule has 1 aliphatic carbocycles. The third-order valence-electron chi connectivity index (χ3n) is 2.45. The largest absolute Gasteiger partial charge is 0.345 e. The molecule has 14 heavy (non-hydrogen) atoms. The van der Waals surface area contributed by atoms with Crippen LogP contribution in [-0.2, 0) is 4.79 Å². The van der Waals surface area contributed by atoms with Crippen LogP contribution in [0.5, 0.6) is 0 Å². The predicted molar refractivity (Wildman–Crippen MR) is 57.7 cm³/mol. The summed E-state index contributed by atoms with van der Waals surface area (Å²) in [5, 5.41) is 0. The van der Waals surface area contributed by atoms with E-state index in [9.17, 15) is 4.79 Å². The van der Waals surface area contributed by atoms with Crippen molar-refractivity contribution < 1.29 is 4.79 Å². The number of rotatable bonds is 3. The minimum absolute atomic E-state index is 0.00810. The molecule has 0 radical (unpaired) electrons. The second kappa shape index (κ2) is 4.60. The van der Waals surface area contributed by atoms with Gasteiger partial charge >= 0.3 is 0 Å². The topological polar surface area (TPSA) is 46.3 Å². The lowest BCUT2D eigenvalue weighted by atomic mass is 10.1. The summed E-state index contributed by atoms with van der Waals surface area (Å²) in [7, 11) is 1.86. The quantitative estimate of drug-likeness (QED) is 0.685. The van der Waals surface area contributed by atoms with E-state index >= 15 is 0 Å². The van der Waals surface area contributed by atoms with Gasteiger partial charge in [0.05, 0.1) is 5.92 Å². The highest BCUT2D eigenvalue weighted by atomic mass is 16.2. The van der Waals surface area contributed by atoms with Crippen LogP contribution < -0.4 is 5.73 Å². The average molecular weight is 196 g/mol. The normalized spacial score (nSPS) is 25.8. The molecule has 2 atom stereocenters. The van der Waals surface area contributed by atoms with E-state index in [-0.39, 0.29) is 17.9 Å². The summed E-state index contributed by atoms with van der Waals surface area (Å²) in [5.41, 5.74) is 5.71. The predicted octanol–water partition coefficient (Wildman–Crippen LogP) is 1.00. The maximum Gasteiger partial charge on any atom is 0.229 e. The summed E-state index contributed by atoms with van der Waals surface area (Å²) < 4.78 is 0. The zero-order valence-corrected chi connectivity index (χ0v) is 9.23. The molecule has 2 N–H and O–H groups in total. The van der Waals surface area contributed by atoms with Crippen LogP contribution in [0.15, 0.2) is 12.2 Å². The molecule has 0 aromatic carbocycles. The van der Waals surface area contributed by atoms with Gasteiger partial charge in [-0.25, -0.2) is 0 Å². The van der Waals surface area contributed by atoms with Crippen molar-refractivity contribution in [1.82, 2.24) is 4.90 Å². The number of amides is 1. The van der Waals surface area contributed by atoms with Gasteiger partial charge in [0.25, 0.3) is 0 Å². The van der Waals surface area contributed by atoms with E-state index in [4.69, 9.17) is 5.73 Å². The second-order valence-electron chi connectivity index (χ2n) is 4.50. The first kappa shape index (κ1) is 11.2. The zero-order valence-electron chi connectivity index (χ0n) is 9.23. The second-order valence-corrected chi connectivity index (χ2v) is 4.50. The zero-order chi connectivity index (χ0) is 10.7. The van der Waals surface area contributed by atoms with Gasteiger partial charge < -0.3 is 10.6 Å². The summed E-state index contributed by atoms with van der Waals surface area (Å²) in [6, 6.07) is 0.0661. The molecule has 0 spiro atoms. The number of nitrogens with two attached hydrogens (primary N) is 1. The van der Waals surface area contributed by atoms with E-state index in [2.05, 4.69) is 13.8 Å². The summed E-state index contributed by atoms with van der Waals surface area (Å²) >= 11 is 0. The Morgan fingerprint density at radius 1 is 1.57 bits per heavy atom. The molecule has 1 rings (SSSR count). The van der Waals surface area contributed by atoms with Crippen molar-refractivity contribution in [2.45, 2.75) is 26.3 Å². The van der Waals surface area contributed by atoms with Crippen LogP contribution in [0.2, 0.25) is 0 Å². The minimum atomic E-state index is 0.00810. The summed E-state index contributed by atoms with van der Waals surface area (Å²) in [4.78, 5) is 13.6. The van der Waals surface area contributed by atoms with E-state index in [1.54, 1.807) is 4.90 Å². The van der Waals surface area contributed by atoms with Gasteiger partial charge in [-0.3, -0.25) is 4.79 Å². The first-order valence-electron chi connectivity index (χ1n) is 5.19. The highest BCUT2D eigenvalue weighted by Gasteiger charge is 2.25. The highest BCUT2D eigenvalue weighted by Crippen LogP contribution is 2.18. The Balaban J connectivity index is 2.45. The first-order chi connectivity index (χ1) is 6.50. The molecule has 0 heterocycles. The van der Waals surface area contributed by atoms with E-state index < -0.39 is 0 Å². The SMILES string of the molecule is CC(C)CN(C)C(=O)C1C=CC(N)C1. The molecule has 0 bridgehead atoms. The van der Waals surface area contributed by atoms with Gasteiger partial charge in [-0.05, 0) is 12.3 Å². The summed E-state index contributed by atoms with van der Waals surface area (Å²) in [5.74, 6) is 0.722. The lowest BCUT2D eigenvalue weighted by Gasteiger charge is -2.22. The molecule has 0 aliphatic heterocycles. The van der Waals surface area contributed by atoms with E-state index in [0.29, 0.717) is 5.92 Å². The number of nitrogens with zero attached hydrogens (tertiary/aromatic N) is 1. The maximum atomic E-state index is 11.8. The van der Waals surface area contributed by atoms with Crippen molar-refractivity contribution in [1.29, 1.82) is 0 Å². The van der Waals surface area contributed by atoms with E-state index in [0.717, 1.165) is 13.0 Å². The van der Waals surface area contributed by atoms with Crippen molar-refractivity contribution in [2.24, 2.45) is 17.6 Å². The van der Waals surface area contributed by atoms with Crippen LogP contribution in [0, 0.1) is 11.8 Å². The van der Waals surface area contributed by atoms with Crippen molar-refractivity contribution in [3.8, 4) is 0 Å². The molecule has 0 fully saturated rings. The minimum Gasteiger partial charge on any atom is -0.345 e. The maximum absolute atomic E-state index is 11.8. The molecule has 3 nitrogen and oxygen atoms in total. The molecule has 80 valence electrons. The van der Waals surface area contributed by atoms with Gasteiger partial charge in [0.2, 0.25) is 5.91 Å². The van der Waals surface area contributed by atoms with Crippen molar-refractivity contribution in [3.63, 3.8) is 0 Å². The standard InChI is InChI=1S/C11H20N2O/c1-8(2)7-13(3)11(14)9-4-5-10(12)6-9/h4-5,8-10H,6-7,12H2,1-3H3. The number of carbonyl (C=O) groups is 1. The Hall–Kier alpha value is -0.830. The van der Waals surface area contributed by atoms with Crippen LogP contribution in [-0.4, -0.2) is 30.4 Å². The number of hydrogen-bond donors (Lipinski definition) is 1. The average Bonchev–Trinajstić information content (AvgIpc) is 2.49.